The summed E-state index contributed by atoms with van der Waals surface area (Å²) in [5, 5.41) is 0. The number of esters is 1. The van der Waals surface area contributed by atoms with Crippen LogP contribution in [0.3, 0.4) is 0 Å². The van der Waals surface area contributed by atoms with Gasteiger partial charge in [-0.05, 0) is 44.9 Å². The van der Waals surface area contributed by atoms with E-state index in [2.05, 4.69) is 19.9 Å². The maximum absolute atomic E-state index is 12.1. The number of hydrogen-bond acceptors (Lipinski definition) is 2. The van der Waals surface area contributed by atoms with Crippen LogP contribution in [0, 0.1) is 17.8 Å². The van der Waals surface area contributed by atoms with Crippen molar-refractivity contribution >= 4 is 5.97 Å². The van der Waals surface area contributed by atoms with E-state index in [0.29, 0.717) is 11.8 Å². The number of ether oxygens (including phenoxy) is 1. The van der Waals surface area contributed by atoms with E-state index in [4.69, 9.17) is 4.74 Å². The Morgan fingerprint density at radius 1 is 1.47 bits per heavy atom. The molecule has 0 heterocycles. The lowest BCUT2D eigenvalue weighted by Gasteiger charge is -2.30. The van der Waals surface area contributed by atoms with Gasteiger partial charge in [-0.3, -0.25) is 4.79 Å². The highest BCUT2D eigenvalue weighted by Crippen LogP contribution is 2.31. The van der Waals surface area contributed by atoms with Crippen molar-refractivity contribution in [1.29, 1.82) is 0 Å². The molecule has 0 saturated carbocycles. The van der Waals surface area contributed by atoms with Gasteiger partial charge in [0, 0.05) is 0 Å². The van der Waals surface area contributed by atoms with Gasteiger partial charge in [-0.2, -0.15) is 0 Å². The lowest BCUT2D eigenvalue weighted by Crippen LogP contribution is -2.32. The third kappa shape index (κ3) is 4.18. The zero-order valence-corrected chi connectivity index (χ0v) is 11.8. The predicted octanol–water partition coefficient (Wildman–Crippen LogP) is 3.96. The molecule has 0 radical (unpaired) electrons. The second kappa shape index (κ2) is 5.70. The van der Waals surface area contributed by atoms with Crippen LogP contribution in [-0.4, -0.2) is 11.6 Å². The van der Waals surface area contributed by atoms with Crippen molar-refractivity contribution in [3.63, 3.8) is 0 Å². The quantitative estimate of drug-likeness (QED) is 0.547. The summed E-state index contributed by atoms with van der Waals surface area (Å²) in [6, 6.07) is 0. The average molecular weight is 238 g/mol. The third-order valence-electron chi connectivity index (χ3n) is 3.84. The standard InChI is InChI=1S/C15H26O2/c1-6-15(4,5)17-14(16)13-9-7-8-12(10-13)11(2)3/h7,9,11-13H,6,8,10H2,1-5H3. The first-order valence-electron chi connectivity index (χ1n) is 6.75. The Balaban J connectivity index is 2.59. The van der Waals surface area contributed by atoms with Gasteiger partial charge in [-0.25, -0.2) is 0 Å². The highest BCUT2D eigenvalue weighted by Gasteiger charge is 2.29. The Bertz CT molecular complexity index is 289. The third-order valence-corrected chi connectivity index (χ3v) is 3.84. The molecule has 1 aliphatic rings. The number of allylic oxidation sites excluding steroid dienone is 1. The zero-order valence-electron chi connectivity index (χ0n) is 11.8. The summed E-state index contributed by atoms with van der Waals surface area (Å²) in [7, 11) is 0. The Morgan fingerprint density at radius 3 is 2.65 bits per heavy atom. The van der Waals surface area contributed by atoms with Gasteiger partial charge in [0.15, 0.2) is 0 Å². The fourth-order valence-corrected chi connectivity index (χ4v) is 2.06. The molecule has 2 nitrogen and oxygen atoms in total. The highest BCUT2D eigenvalue weighted by molar-refractivity contribution is 5.75. The summed E-state index contributed by atoms with van der Waals surface area (Å²) >= 11 is 0. The molecule has 0 fully saturated rings. The molecule has 0 N–H and O–H groups in total. The van der Waals surface area contributed by atoms with Crippen molar-refractivity contribution in [1.82, 2.24) is 0 Å². The van der Waals surface area contributed by atoms with Crippen LogP contribution >= 0.6 is 0 Å². The molecular formula is C15H26O2. The fraction of sp³-hybridized carbons (Fsp3) is 0.800. The molecule has 0 bridgehead atoms. The van der Waals surface area contributed by atoms with Gasteiger partial charge < -0.3 is 4.74 Å². The summed E-state index contributed by atoms with van der Waals surface area (Å²) < 4.78 is 5.56. The topological polar surface area (TPSA) is 26.3 Å². The minimum atomic E-state index is -0.338. The first-order chi connectivity index (χ1) is 7.85. The number of rotatable bonds is 4. The molecule has 0 aromatic rings. The molecule has 2 heteroatoms. The first-order valence-corrected chi connectivity index (χ1v) is 6.75. The molecule has 0 saturated heterocycles. The zero-order chi connectivity index (χ0) is 13.1. The van der Waals surface area contributed by atoms with Crippen LogP contribution in [0.5, 0.6) is 0 Å². The Kier molecular flexibility index (Phi) is 4.79. The summed E-state index contributed by atoms with van der Waals surface area (Å²) in [6.07, 6.45) is 7.04. The summed E-state index contributed by atoms with van der Waals surface area (Å²) in [4.78, 5) is 12.1. The smallest absolute Gasteiger partial charge is 0.313 e. The van der Waals surface area contributed by atoms with Gasteiger partial charge in [0.05, 0.1) is 5.92 Å². The van der Waals surface area contributed by atoms with Crippen molar-refractivity contribution in [2.75, 3.05) is 0 Å². The second-order valence-electron chi connectivity index (χ2n) is 6.04. The normalized spacial score (nSPS) is 25.1. The van der Waals surface area contributed by atoms with Crippen molar-refractivity contribution < 1.29 is 9.53 Å². The van der Waals surface area contributed by atoms with Crippen molar-refractivity contribution in [3.8, 4) is 0 Å². The van der Waals surface area contributed by atoms with Crippen molar-refractivity contribution in [3.05, 3.63) is 12.2 Å². The maximum Gasteiger partial charge on any atom is 0.313 e. The van der Waals surface area contributed by atoms with E-state index in [1.807, 2.05) is 26.8 Å². The lowest BCUT2D eigenvalue weighted by atomic mass is 9.80. The fourth-order valence-electron chi connectivity index (χ4n) is 2.06. The molecule has 2 unspecified atom stereocenters. The van der Waals surface area contributed by atoms with E-state index < -0.39 is 0 Å². The lowest BCUT2D eigenvalue weighted by molar-refractivity contribution is -0.160. The van der Waals surface area contributed by atoms with Gasteiger partial charge >= 0.3 is 5.97 Å². The van der Waals surface area contributed by atoms with E-state index >= 15 is 0 Å². The largest absolute Gasteiger partial charge is 0.459 e. The van der Waals surface area contributed by atoms with Gasteiger partial charge in [0.2, 0.25) is 0 Å². The average Bonchev–Trinajstić information content (AvgIpc) is 2.28. The highest BCUT2D eigenvalue weighted by atomic mass is 16.6. The molecule has 17 heavy (non-hydrogen) atoms. The van der Waals surface area contributed by atoms with Crippen LogP contribution in [0.1, 0.15) is 53.9 Å². The molecule has 98 valence electrons. The Hall–Kier alpha value is -0.790. The molecule has 1 rings (SSSR count). The van der Waals surface area contributed by atoms with E-state index in [9.17, 15) is 4.79 Å². The van der Waals surface area contributed by atoms with E-state index in [0.717, 1.165) is 19.3 Å². The van der Waals surface area contributed by atoms with Crippen molar-refractivity contribution in [2.45, 2.75) is 59.5 Å². The van der Waals surface area contributed by atoms with Gasteiger partial charge in [0.25, 0.3) is 0 Å². The monoisotopic (exact) mass is 238 g/mol. The summed E-state index contributed by atoms with van der Waals surface area (Å²) in [5.41, 5.74) is -0.338. The second-order valence-corrected chi connectivity index (χ2v) is 6.04. The predicted molar refractivity (Wildman–Crippen MR) is 70.7 cm³/mol. The van der Waals surface area contributed by atoms with Crippen molar-refractivity contribution in [2.24, 2.45) is 17.8 Å². The number of carbonyl (C=O) groups excluding carboxylic acids is 1. The molecule has 2 atom stereocenters. The van der Waals surface area contributed by atoms with E-state index in [-0.39, 0.29) is 17.5 Å². The summed E-state index contributed by atoms with van der Waals surface area (Å²) in [6.45, 7) is 10.4. The summed E-state index contributed by atoms with van der Waals surface area (Å²) in [5.74, 6) is 1.15. The van der Waals surface area contributed by atoms with Crippen LogP contribution in [0.15, 0.2) is 12.2 Å². The molecule has 0 amide bonds. The number of hydrogen-bond donors (Lipinski definition) is 0. The van der Waals surface area contributed by atoms with Crippen LogP contribution in [0.25, 0.3) is 0 Å². The van der Waals surface area contributed by atoms with Crippen LogP contribution < -0.4 is 0 Å². The minimum absolute atomic E-state index is 0.0398. The maximum atomic E-state index is 12.1. The van der Waals surface area contributed by atoms with Crippen LogP contribution in [0.2, 0.25) is 0 Å². The van der Waals surface area contributed by atoms with E-state index in [1.54, 1.807) is 0 Å². The number of carbonyl (C=O) groups is 1. The Labute approximate surface area is 105 Å². The van der Waals surface area contributed by atoms with Gasteiger partial charge in [0.1, 0.15) is 5.60 Å². The molecular weight excluding hydrogens is 212 g/mol. The van der Waals surface area contributed by atoms with Gasteiger partial charge in [-0.15, -0.1) is 0 Å². The molecule has 0 aromatic heterocycles. The Morgan fingerprint density at radius 2 is 2.12 bits per heavy atom. The van der Waals surface area contributed by atoms with Crippen LogP contribution in [0.4, 0.5) is 0 Å². The molecule has 1 aliphatic carbocycles. The first kappa shape index (κ1) is 14.3. The molecule has 0 aliphatic heterocycles. The minimum Gasteiger partial charge on any atom is -0.459 e. The molecule has 0 spiro atoms. The van der Waals surface area contributed by atoms with Crippen LogP contribution in [-0.2, 0) is 9.53 Å². The van der Waals surface area contributed by atoms with E-state index in [1.165, 1.54) is 0 Å². The molecule has 0 aromatic carbocycles. The SMILES string of the molecule is CCC(C)(C)OC(=O)C1C=CCC(C(C)C)C1. The van der Waals surface area contributed by atoms with Gasteiger partial charge in [-0.1, -0.05) is 32.9 Å².